The van der Waals surface area contributed by atoms with Crippen molar-refractivity contribution in [3.05, 3.63) is 29.8 Å². The maximum absolute atomic E-state index is 12.9. The Balaban J connectivity index is 2.77. The average Bonchev–Trinajstić information content (AvgIpc) is 2.50. The largest absolute Gasteiger partial charge is 0.321 e. The third kappa shape index (κ3) is 6.23. The molecule has 6 heteroatoms. The monoisotopic (exact) mass is 346 g/mol. The predicted octanol–water partition coefficient (Wildman–Crippen LogP) is 4.62. The second-order valence-electron chi connectivity index (χ2n) is 5.73. The molecular formula is C16H27O4PS. The first-order chi connectivity index (χ1) is 10.3. The Morgan fingerprint density at radius 2 is 1.50 bits per heavy atom. The molecule has 0 fully saturated rings. The maximum atomic E-state index is 12.9. The Morgan fingerprint density at radius 3 is 1.95 bits per heavy atom. The summed E-state index contributed by atoms with van der Waals surface area (Å²) in [5, 5.41) is 0. The Morgan fingerprint density at radius 1 is 1.00 bits per heavy atom. The molecule has 0 saturated carbocycles. The zero-order valence-corrected chi connectivity index (χ0v) is 15.5. The van der Waals surface area contributed by atoms with Gasteiger partial charge in [0.25, 0.3) is 10.1 Å². The summed E-state index contributed by atoms with van der Waals surface area (Å²) in [6.07, 6.45) is 4.52. The smallest absolute Gasteiger partial charge is 0.297 e. The van der Waals surface area contributed by atoms with E-state index in [1.807, 2.05) is 20.8 Å². The molecule has 0 unspecified atom stereocenters. The lowest BCUT2D eigenvalue weighted by Crippen LogP contribution is -2.11. The third-order valence-corrected chi connectivity index (χ3v) is 7.91. The van der Waals surface area contributed by atoms with Crippen molar-refractivity contribution in [2.75, 3.05) is 18.7 Å². The Hall–Kier alpha value is -0.640. The molecule has 0 atom stereocenters. The first-order valence-corrected chi connectivity index (χ1v) is 11.5. The van der Waals surface area contributed by atoms with Crippen LogP contribution in [0.25, 0.3) is 0 Å². The molecule has 0 aliphatic rings. The molecule has 0 heterocycles. The minimum Gasteiger partial charge on any atom is -0.321 e. The molecule has 1 rings (SSSR count). The molecule has 0 aliphatic heterocycles. The van der Waals surface area contributed by atoms with Gasteiger partial charge >= 0.3 is 0 Å². The topological polar surface area (TPSA) is 60.4 Å². The van der Waals surface area contributed by atoms with Crippen molar-refractivity contribution in [3.63, 3.8) is 0 Å². The first kappa shape index (κ1) is 19.4. The maximum Gasteiger partial charge on any atom is 0.297 e. The Bertz CT molecular complexity index is 581. The summed E-state index contributed by atoms with van der Waals surface area (Å²) in [7, 11) is -6.41. The average molecular weight is 346 g/mol. The zero-order chi connectivity index (χ0) is 16.6. The van der Waals surface area contributed by atoms with E-state index in [0.717, 1.165) is 31.2 Å². The summed E-state index contributed by atoms with van der Waals surface area (Å²) in [5.41, 5.74) is 0.982. The molecule has 22 heavy (non-hydrogen) atoms. The lowest BCUT2D eigenvalue weighted by atomic mass is 10.2. The summed E-state index contributed by atoms with van der Waals surface area (Å²) in [4.78, 5) is 0.121. The van der Waals surface area contributed by atoms with Gasteiger partial charge in [-0.25, -0.2) is 0 Å². The van der Waals surface area contributed by atoms with Crippen LogP contribution in [0, 0.1) is 6.92 Å². The molecule has 0 bridgehead atoms. The standard InChI is InChI=1S/C16H27O4PS/c1-4-6-12-21(17,13-7-5-2)14-20-22(18,19)16-10-8-15(3)9-11-16/h8-11H,4-7,12-14H2,1-3H3. The molecular weight excluding hydrogens is 319 g/mol. The van der Waals surface area contributed by atoms with Crippen molar-refractivity contribution in [1.82, 2.24) is 0 Å². The van der Waals surface area contributed by atoms with Crippen LogP contribution in [0.3, 0.4) is 0 Å². The highest BCUT2D eigenvalue weighted by molar-refractivity contribution is 7.87. The van der Waals surface area contributed by atoms with Gasteiger partial charge in [0, 0.05) is 12.3 Å². The van der Waals surface area contributed by atoms with E-state index in [1.165, 1.54) is 12.1 Å². The fraction of sp³-hybridized carbons (Fsp3) is 0.625. The number of unbranched alkanes of at least 4 members (excludes halogenated alkanes) is 2. The van der Waals surface area contributed by atoms with Crippen LogP contribution < -0.4 is 0 Å². The van der Waals surface area contributed by atoms with Crippen molar-refractivity contribution in [3.8, 4) is 0 Å². The summed E-state index contributed by atoms with van der Waals surface area (Å²) in [5.74, 6) is 0. The van der Waals surface area contributed by atoms with Crippen LogP contribution in [-0.4, -0.2) is 27.1 Å². The second-order valence-corrected chi connectivity index (χ2v) is 10.6. The van der Waals surface area contributed by atoms with Crippen LogP contribution in [0.5, 0.6) is 0 Å². The van der Waals surface area contributed by atoms with E-state index in [2.05, 4.69) is 0 Å². The van der Waals surface area contributed by atoms with Gasteiger partial charge in [0.05, 0.1) is 4.90 Å². The summed E-state index contributed by atoms with van der Waals surface area (Å²) in [6, 6.07) is 6.50. The zero-order valence-electron chi connectivity index (χ0n) is 13.7. The number of benzene rings is 1. The lowest BCUT2D eigenvalue weighted by Gasteiger charge is -2.17. The van der Waals surface area contributed by atoms with Crippen molar-refractivity contribution >= 4 is 17.3 Å². The Kier molecular flexibility index (Phi) is 7.81. The SMILES string of the molecule is CCCCP(=O)(CCCC)COS(=O)(=O)c1ccc(C)cc1. The van der Waals surface area contributed by atoms with Gasteiger partial charge in [0.1, 0.15) is 13.5 Å². The molecule has 4 nitrogen and oxygen atoms in total. The normalized spacial score (nSPS) is 12.5. The van der Waals surface area contributed by atoms with E-state index < -0.39 is 17.3 Å². The van der Waals surface area contributed by atoms with E-state index in [9.17, 15) is 13.0 Å². The minimum absolute atomic E-state index is 0.121. The fourth-order valence-corrected chi connectivity index (χ4v) is 6.27. The van der Waals surface area contributed by atoms with Crippen LogP contribution >= 0.6 is 7.14 Å². The van der Waals surface area contributed by atoms with E-state index in [-0.39, 0.29) is 11.2 Å². The molecule has 0 spiro atoms. The predicted molar refractivity (Wildman–Crippen MR) is 91.5 cm³/mol. The van der Waals surface area contributed by atoms with Gasteiger partial charge in [-0.05, 0) is 31.9 Å². The van der Waals surface area contributed by atoms with Crippen molar-refractivity contribution < 1.29 is 17.2 Å². The van der Waals surface area contributed by atoms with Gasteiger partial charge in [-0.2, -0.15) is 8.42 Å². The van der Waals surface area contributed by atoms with E-state index in [4.69, 9.17) is 4.18 Å². The molecule has 126 valence electrons. The molecule has 0 N–H and O–H groups in total. The van der Waals surface area contributed by atoms with Gasteiger partial charge in [0.2, 0.25) is 0 Å². The highest BCUT2D eigenvalue weighted by atomic mass is 32.2. The summed E-state index contributed by atoms with van der Waals surface area (Å²) < 4.78 is 42.4. The molecule has 0 aromatic heterocycles. The molecule has 1 aromatic carbocycles. The number of rotatable bonds is 10. The summed E-state index contributed by atoms with van der Waals surface area (Å²) >= 11 is 0. The lowest BCUT2D eigenvalue weighted by molar-refractivity contribution is 0.367. The van der Waals surface area contributed by atoms with E-state index in [1.54, 1.807) is 12.1 Å². The molecule has 1 aromatic rings. The van der Waals surface area contributed by atoms with Crippen LogP contribution in [0.1, 0.15) is 45.1 Å². The quantitative estimate of drug-likeness (QED) is 0.458. The van der Waals surface area contributed by atoms with E-state index >= 15 is 0 Å². The Labute approximate surface area is 134 Å². The van der Waals surface area contributed by atoms with Gasteiger partial charge in [-0.15, -0.1) is 0 Å². The molecule has 0 amide bonds. The van der Waals surface area contributed by atoms with Crippen molar-refractivity contribution in [1.29, 1.82) is 0 Å². The fourth-order valence-electron chi connectivity index (χ4n) is 2.07. The minimum atomic E-state index is -3.83. The van der Waals surface area contributed by atoms with Gasteiger partial charge < -0.3 is 4.57 Å². The van der Waals surface area contributed by atoms with Crippen LogP contribution in [0.2, 0.25) is 0 Å². The van der Waals surface area contributed by atoms with Crippen molar-refractivity contribution in [2.45, 2.75) is 51.3 Å². The summed E-state index contributed by atoms with van der Waals surface area (Å²) in [6.45, 7) is 5.96. The first-order valence-electron chi connectivity index (χ1n) is 7.86. The molecule has 0 radical (unpaired) electrons. The number of hydrogen-bond acceptors (Lipinski definition) is 4. The molecule has 0 aliphatic carbocycles. The highest BCUT2D eigenvalue weighted by Gasteiger charge is 2.25. The number of aryl methyl sites for hydroxylation is 1. The van der Waals surface area contributed by atoms with Crippen LogP contribution in [0.15, 0.2) is 29.2 Å². The van der Waals surface area contributed by atoms with Gasteiger partial charge in [-0.1, -0.05) is 44.4 Å². The molecule has 0 saturated heterocycles. The van der Waals surface area contributed by atoms with Crippen LogP contribution in [-0.2, 0) is 18.9 Å². The number of hydrogen-bond donors (Lipinski definition) is 0. The van der Waals surface area contributed by atoms with Crippen molar-refractivity contribution in [2.24, 2.45) is 0 Å². The van der Waals surface area contributed by atoms with E-state index in [0.29, 0.717) is 12.3 Å². The van der Waals surface area contributed by atoms with Gasteiger partial charge in [-0.3, -0.25) is 4.18 Å². The second kappa shape index (κ2) is 8.85. The third-order valence-electron chi connectivity index (χ3n) is 3.59. The van der Waals surface area contributed by atoms with Gasteiger partial charge in [0.15, 0.2) is 0 Å². The van der Waals surface area contributed by atoms with Crippen LogP contribution in [0.4, 0.5) is 0 Å². The highest BCUT2D eigenvalue weighted by Crippen LogP contribution is 2.47.